The van der Waals surface area contributed by atoms with Gasteiger partial charge in [0.25, 0.3) is 5.91 Å². The van der Waals surface area contributed by atoms with E-state index in [9.17, 15) is 4.79 Å². The van der Waals surface area contributed by atoms with E-state index in [1.165, 1.54) is 5.56 Å². The number of carbonyl (C=O) groups excluding carboxylic acids is 1. The molecule has 5 heteroatoms. The van der Waals surface area contributed by atoms with Gasteiger partial charge in [0, 0.05) is 35.0 Å². The van der Waals surface area contributed by atoms with Crippen molar-refractivity contribution in [3.8, 4) is 11.3 Å². The number of ether oxygens (including phenoxy) is 1. The van der Waals surface area contributed by atoms with E-state index in [2.05, 4.69) is 47.6 Å². The third kappa shape index (κ3) is 3.38. The molecule has 1 amide bonds. The van der Waals surface area contributed by atoms with E-state index in [1.807, 2.05) is 24.3 Å². The van der Waals surface area contributed by atoms with Crippen LogP contribution in [0.2, 0.25) is 0 Å². The van der Waals surface area contributed by atoms with Crippen molar-refractivity contribution in [2.75, 3.05) is 13.2 Å². The average molecular weight is 385 g/mol. The van der Waals surface area contributed by atoms with E-state index in [0.29, 0.717) is 12.2 Å². The normalized spacial score (nSPS) is 16.5. The lowest BCUT2D eigenvalue weighted by Crippen LogP contribution is -2.32. The number of para-hydroxylation sites is 1. The van der Waals surface area contributed by atoms with Crippen LogP contribution in [0.25, 0.3) is 33.1 Å². The van der Waals surface area contributed by atoms with Gasteiger partial charge in [-0.25, -0.2) is 4.98 Å². The zero-order chi connectivity index (χ0) is 19.8. The van der Waals surface area contributed by atoms with Crippen LogP contribution in [0.15, 0.2) is 54.6 Å². The molecule has 146 valence electrons. The lowest BCUT2D eigenvalue weighted by atomic mass is 10.0. The van der Waals surface area contributed by atoms with Crippen molar-refractivity contribution in [1.82, 2.24) is 15.3 Å². The molecule has 1 fully saturated rings. The molecule has 0 bridgehead atoms. The highest BCUT2D eigenvalue weighted by atomic mass is 16.5. The topological polar surface area (TPSA) is 67.0 Å². The third-order valence-electron chi connectivity index (χ3n) is 5.57. The molecule has 1 saturated heterocycles. The summed E-state index contributed by atoms with van der Waals surface area (Å²) in [5.41, 5.74) is 5.38. The number of amides is 1. The predicted octanol–water partition coefficient (Wildman–Crippen LogP) is 4.60. The minimum absolute atomic E-state index is 0.104. The van der Waals surface area contributed by atoms with Gasteiger partial charge in [-0.15, -0.1) is 0 Å². The van der Waals surface area contributed by atoms with Crippen LogP contribution in [0.3, 0.4) is 0 Å². The van der Waals surface area contributed by atoms with Gasteiger partial charge >= 0.3 is 0 Å². The minimum atomic E-state index is -0.166. The monoisotopic (exact) mass is 385 g/mol. The van der Waals surface area contributed by atoms with E-state index < -0.39 is 0 Å². The third-order valence-corrected chi connectivity index (χ3v) is 5.57. The van der Waals surface area contributed by atoms with Crippen molar-refractivity contribution in [2.45, 2.75) is 25.9 Å². The molecule has 29 heavy (non-hydrogen) atoms. The van der Waals surface area contributed by atoms with Gasteiger partial charge in [0.2, 0.25) is 0 Å². The highest BCUT2D eigenvalue weighted by Gasteiger charge is 2.20. The number of nitrogens with one attached hydrogen (secondary N) is 2. The molecule has 5 nitrogen and oxygen atoms in total. The highest BCUT2D eigenvalue weighted by molar-refractivity contribution is 6.13. The number of aromatic nitrogens is 2. The summed E-state index contributed by atoms with van der Waals surface area (Å²) in [6.45, 7) is 3.36. The summed E-state index contributed by atoms with van der Waals surface area (Å²) in [5, 5.41) is 5.09. The van der Waals surface area contributed by atoms with Gasteiger partial charge in [-0.2, -0.15) is 0 Å². The summed E-state index contributed by atoms with van der Waals surface area (Å²) < 4.78 is 5.62. The van der Waals surface area contributed by atoms with Crippen molar-refractivity contribution in [1.29, 1.82) is 0 Å². The molecule has 1 atom stereocenters. The van der Waals surface area contributed by atoms with Gasteiger partial charge in [0.05, 0.1) is 17.3 Å². The molecule has 0 unspecified atom stereocenters. The Labute approximate surface area is 169 Å². The molecule has 1 aliphatic heterocycles. The Hall–Kier alpha value is -3.18. The van der Waals surface area contributed by atoms with E-state index in [1.54, 1.807) is 0 Å². The van der Waals surface area contributed by atoms with Crippen LogP contribution in [-0.4, -0.2) is 35.1 Å². The fourth-order valence-electron chi connectivity index (χ4n) is 3.98. The van der Waals surface area contributed by atoms with Crippen molar-refractivity contribution in [3.05, 3.63) is 65.9 Å². The quantitative estimate of drug-likeness (QED) is 0.539. The van der Waals surface area contributed by atoms with Gasteiger partial charge in [-0.05, 0) is 31.9 Å². The lowest BCUT2D eigenvalue weighted by Gasteiger charge is -2.12. The van der Waals surface area contributed by atoms with Gasteiger partial charge in [-0.3, -0.25) is 4.79 Å². The molecule has 5 rings (SSSR count). The van der Waals surface area contributed by atoms with E-state index in [4.69, 9.17) is 9.72 Å². The zero-order valence-electron chi connectivity index (χ0n) is 16.4. The summed E-state index contributed by atoms with van der Waals surface area (Å²) in [5.74, 6) is -0.166. The average Bonchev–Trinajstić information content (AvgIpc) is 3.39. The van der Waals surface area contributed by atoms with Crippen molar-refractivity contribution in [2.24, 2.45) is 0 Å². The molecule has 2 aromatic carbocycles. The van der Waals surface area contributed by atoms with E-state index in [-0.39, 0.29) is 12.0 Å². The molecular weight excluding hydrogens is 362 g/mol. The number of H-pyrrole nitrogens is 1. The van der Waals surface area contributed by atoms with E-state index in [0.717, 1.165) is 52.5 Å². The maximum atomic E-state index is 12.9. The Bertz CT molecular complexity index is 1190. The molecule has 2 aromatic heterocycles. The minimum Gasteiger partial charge on any atom is -0.376 e. The lowest BCUT2D eigenvalue weighted by molar-refractivity contribution is 0.0854. The van der Waals surface area contributed by atoms with Gasteiger partial charge in [-0.1, -0.05) is 48.0 Å². The first-order valence-corrected chi connectivity index (χ1v) is 10.1. The maximum Gasteiger partial charge on any atom is 0.270 e. The molecule has 2 N–H and O–H groups in total. The maximum absolute atomic E-state index is 12.9. The fourth-order valence-corrected chi connectivity index (χ4v) is 3.98. The van der Waals surface area contributed by atoms with Crippen LogP contribution in [-0.2, 0) is 4.74 Å². The summed E-state index contributed by atoms with van der Waals surface area (Å²) in [7, 11) is 0. The number of pyridine rings is 1. The second-order valence-electron chi connectivity index (χ2n) is 7.66. The van der Waals surface area contributed by atoms with E-state index >= 15 is 0 Å². The largest absolute Gasteiger partial charge is 0.376 e. The summed E-state index contributed by atoms with van der Waals surface area (Å²) >= 11 is 0. The molecule has 0 aliphatic carbocycles. The number of hydrogen-bond acceptors (Lipinski definition) is 3. The Morgan fingerprint density at radius 3 is 2.79 bits per heavy atom. The highest BCUT2D eigenvalue weighted by Crippen LogP contribution is 2.32. The number of aryl methyl sites for hydroxylation is 1. The number of nitrogens with zero attached hydrogens (tertiary/aromatic N) is 1. The van der Waals surface area contributed by atoms with Crippen LogP contribution in [0.4, 0.5) is 0 Å². The number of rotatable bonds is 4. The Balaban J connectivity index is 1.61. The molecule has 3 heterocycles. The summed E-state index contributed by atoms with van der Waals surface area (Å²) in [6.07, 6.45) is 2.15. The number of carbonyl (C=O) groups is 1. The zero-order valence-corrected chi connectivity index (χ0v) is 16.4. The first-order valence-electron chi connectivity index (χ1n) is 10.1. The van der Waals surface area contributed by atoms with Crippen molar-refractivity contribution in [3.63, 3.8) is 0 Å². The van der Waals surface area contributed by atoms with Crippen LogP contribution >= 0.6 is 0 Å². The molecule has 0 saturated carbocycles. The Kier molecular flexibility index (Phi) is 4.52. The molecule has 0 radical (unpaired) electrons. The number of hydrogen-bond donors (Lipinski definition) is 2. The number of fused-ring (bicyclic) bond motifs is 3. The number of aromatic amines is 1. The second-order valence-corrected chi connectivity index (χ2v) is 7.66. The SMILES string of the molecule is Cc1ccc(-c2nc(C(=O)NC[C@@H]3CCCO3)cc3c2[nH]c2ccccc23)cc1. The molecular formula is C24H23N3O2. The molecule has 4 aromatic rings. The van der Waals surface area contributed by atoms with Gasteiger partial charge < -0.3 is 15.0 Å². The van der Waals surface area contributed by atoms with Crippen LogP contribution in [0, 0.1) is 6.92 Å². The Morgan fingerprint density at radius 1 is 1.17 bits per heavy atom. The summed E-state index contributed by atoms with van der Waals surface area (Å²) in [4.78, 5) is 21.1. The fraction of sp³-hybridized carbons (Fsp3) is 0.250. The first-order chi connectivity index (χ1) is 14.2. The van der Waals surface area contributed by atoms with Crippen molar-refractivity contribution < 1.29 is 9.53 Å². The van der Waals surface area contributed by atoms with Crippen molar-refractivity contribution >= 4 is 27.7 Å². The Morgan fingerprint density at radius 2 is 2.00 bits per heavy atom. The standard InChI is InChI=1S/C24H23N3O2/c1-15-8-10-16(11-9-15)22-23-19(18-6-2-3-7-20(18)26-23)13-21(27-22)24(28)25-14-17-5-4-12-29-17/h2-3,6-11,13,17,26H,4-5,12,14H2,1H3,(H,25,28)/t17-/m0/s1. The van der Waals surface area contributed by atoms with Crippen LogP contribution in [0.1, 0.15) is 28.9 Å². The van der Waals surface area contributed by atoms with Gasteiger partial charge in [0.15, 0.2) is 0 Å². The van der Waals surface area contributed by atoms with Crippen LogP contribution in [0.5, 0.6) is 0 Å². The molecule has 0 spiro atoms. The predicted molar refractivity (Wildman–Crippen MR) is 115 cm³/mol. The number of benzene rings is 2. The van der Waals surface area contributed by atoms with Crippen LogP contribution < -0.4 is 5.32 Å². The second kappa shape index (κ2) is 7.33. The summed E-state index contributed by atoms with van der Waals surface area (Å²) in [6, 6.07) is 18.3. The molecule has 1 aliphatic rings. The smallest absolute Gasteiger partial charge is 0.270 e. The first kappa shape index (κ1) is 17.9. The van der Waals surface area contributed by atoms with Gasteiger partial charge in [0.1, 0.15) is 5.69 Å².